The Bertz CT molecular complexity index is 201. The zero-order valence-electron chi connectivity index (χ0n) is 11.7. The van der Waals surface area contributed by atoms with Crippen molar-refractivity contribution < 1.29 is 5.11 Å². The van der Waals surface area contributed by atoms with E-state index < -0.39 is 0 Å². The van der Waals surface area contributed by atoms with Crippen LogP contribution >= 0.6 is 0 Å². The largest absolute Gasteiger partial charge is 0.395 e. The zero-order chi connectivity index (χ0) is 12.7. The van der Waals surface area contributed by atoms with E-state index in [-0.39, 0.29) is 6.61 Å². The first-order chi connectivity index (χ1) is 8.07. The van der Waals surface area contributed by atoms with Crippen molar-refractivity contribution in [2.45, 2.75) is 20.8 Å². The van der Waals surface area contributed by atoms with Gasteiger partial charge in [-0.25, -0.2) is 0 Å². The Hall–Kier alpha value is -0.160. The van der Waals surface area contributed by atoms with Crippen molar-refractivity contribution in [2.75, 3.05) is 59.0 Å². The van der Waals surface area contributed by atoms with E-state index >= 15 is 0 Å². The summed E-state index contributed by atoms with van der Waals surface area (Å²) in [6.45, 7) is 15.7. The molecule has 1 heterocycles. The molecule has 0 unspecified atom stereocenters. The summed E-state index contributed by atoms with van der Waals surface area (Å²) in [5, 5.41) is 12.3. The van der Waals surface area contributed by atoms with Crippen LogP contribution in [0.25, 0.3) is 0 Å². The van der Waals surface area contributed by atoms with Gasteiger partial charge in [-0.3, -0.25) is 4.90 Å². The molecule has 0 saturated carbocycles. The minimum Gasteiger partial charge on any atom is -0.395 e. The van der Waals surface area contributed by atoms with E-state index in [0.29, 0.717) is 5.41 Å². The molecule has 0 bridgehead atoms. The maximum atomic E-state index is 8.90. The van der Waals surface area contributed by atoms with Crippen LogP contribution < -0.4 is 5.32 Å². The second-order valence-electron chi connectivity index (χ2n) is 5.79. The summed E-state index contributed by atoms with van der Waals surface area (Å²) in [7, 11) is 0. The highest BCUT2D eigenvalue weighted by Crippen LogP contribution is 2.17. The van der Waals surface area contributed by atoms with Crippen molar-refractivity contribution >= 4 is 0 Å². The van der Waals surface area contributed by atoms with Gasteiger partial charge < -0.3 is 15.3 Å². The Morgan fingerprint density at radius 2 is 1.71 bits per heavy atom. The van der Waals surface area contributed by atoms with Gasteiger partial charge in [0.15, 0.2) is 0 Å². The summed E-state index contributed by atoms with van der Waals surface area (Å²) >= 11 is 0. The number of nitrogens with one attached hydrogen (secondary N) is 1. The normalized spacial score (nSPS) is 19.8. The average Bonchev–Trinajstić information content (AvgIpc) is 2.29. The summed E-state index contributed by atoms with van der Waals surface area (Å²) < 4.78 is 0. The number of hydrogen-bond acceptors (Lipinski definition) is 4. The first-order valence-corrected chi connectivity index (χ1v) is 6.83. The minimum absolute atomic E-state index is 0.284. The molecule has 0 amide bonds. The van der Waals surface area contributed by atoms with E-state index in [4.69, 9.17) is 5.11 Å². The first-order valence-electron chi connectivity index (χ1n) is 6.83. The van der Waals surface area contributed by atoms with Crippen molar-refractivity contribution in [3.05, 3.63) is 0 Å². The molecule has 0 spiro atoms. The van der Waals surface area contributed by atoms with E-state index in [1.165, 1.54) is 0 Å². The van der Waals surface area contributed by atoms with Crippen molar-refractivity contribution in [3.63, 3.8) is 0 Å². The molecule has 1 fully saturated rings. The molecule has 1 saturated heterocycles. The molecule has 1 aliphatic heterocycles. The lowest BCUT2D eigenvalue weighted by molar-refractivity contribution is 0.0852. The standard InChI is InChI=1S/C13H29N3O/c1-4-14-11-13(2,3)12-16-7-5-15(6-8-16)9-10-17/h14,17H,4-12H2,1-3H3. The Balaban J connectivity index is 2.24. The predicted molar refractivity (Wildman–Crippen MR) is 72.3 cm³/mol. The van der Waals surface area contributed by atoms with E-state index in [2.05, 4.69) is 35.9 Å². The molecule has 0 aromatic carbocycles. The number of hydrogen-bond donors (Lipinski definition) is 2. The molecule has 1 rings (SSSR count). The van der Waals surface area contributed by atoms with Crippen LogP contribution in [0, 0.1) is 5.41 Å². The van der Waals surface area contributed by atoms with E-state index in [1.54, 1.807) is 0 Å². The summed E-state index contributed by atoms with van der Waals surface area (Å²) in [5.74, 6) is 0. The molecule has 1 aliphatic rings. The predicted octanol–water partition coefficient (Wildman–Crippen LogP) is 0.232. The van der Waals surface area contributed by atoms with Crippen LogP contribution in [-0.4, -0.2) is 73.9 Å². The monoisotopic (exact) mass is 243 g/mol. The van der Waals surface area contributed by atoms with Crippen LogP contribution in [0.5, 0.6) is 0 Å². The minimum atomic E-state index is 0.284. The van der Waals surface area contributed by atoms with Gasteiger partial charge in [0.25, 0.3) is 0 Å². The van der Waals surface area contributed by atoms with Crippen LogP contribution in [-0.2, 0) is 0 Å². The SMILES string of the molecule is CCNCC(C)(C)CN1CCN(CCO)CC1. The van der Waals surface area contributed by atoms with E-state index in [9.17, 15) is 0 Å². The first kappa shape index (κ1) is 14.9. The highest BCUT2D eigenvalue weighted by molar-refractivity contribution is 4.80. The molecule has 0 radical (unpaired) electrons. The van der Waals surface area contributed by atoms with Crippen LogP contribution in [0.4, 0.5) is 0 Å². The Morgan fingerprint density at radius 1 is 1.12 bits per heavy atom. The number of rotatable bonds is 7. The number of piperazine rings is 1. The van der Waals surface area contributed by atoms with Gasteiger partial charge in [-0.1, -0.05) is 20.8 Å². The molecular weight excluding hydrogens is 214 g/mol. The number of aliphatic hydroxyl groups excluding tert-OH is 1. The van der Waals surface area contributed by atoms with Gasteiger partial charge in [0.1, 0.15) is 0 Å². The molecule has 0 aliphatic carbocycles. The Labute approximate surface area is 106 Å². The molecule has 102 valence electrons. The van der Waals surface area contributed by atoms with Gasteiger partial charge in [-0.05, 0) is 12.0 Å². The molecule has 4 nitrogen and oxygen atoms in total. The molecule has 2 N–H and O–H groups in total. The fourth-order valence-electron chi connectivity index (χ4n) is 2.44. The smallest absolute Gasteiger partial charge is 0.0558 e. The molecule has 17 heavy (non-hydrogen) atoms. The lowest BCUT2D eigenvalue weighted by atomic mass is 9.92. The fraction of sp³-hybridized carbons (Fsp3) is 1.00. The summed E-state index contributed by atoms with van der Waals surface area (Å²) in [4.78, 5) is 4.89. The number of β-amino-alcohol motifs (C(OH)–C–C–N with tert-alkyl or cyclic N) is 1. The van der Waals surface area contributed by atoms with E-state index in [1.807, 2.05) is 0 Å². The van der Waals surface area contributed by atoms with Gasteiger partial charge in [-0.15, -0.1) is 0 Å². The van der Waals surface area contributed by atoms with Crippen LogP contribution in [0.1, 0.15) is 20.8 Å². The second-order valence-corrected chi connectivity index (χ2v) is 5.79. The molecule has 0 aromatic rings. The lowest BCUT2D eigenvalue weighted by Gasteiger charge is -2.38. The van der Waals surface area contributed by atoms with Crippen molar-refractivity contribution in [1.29, 1.82) is 0 Å². The Morgan fingerprint density at radius 3 is 2.24 bits per heavy atom. The maximum absolute atomic E-state index is 8.90. The van der Waals surface area contributed by atoms with Gasteiger partial charge >= 0.3 is 0 Å². The van der Waals surface area contributed by atoms with Gasteiger partial charge in [0.2, 0.25) is 0 Å². The summed E-state index contributed by atoms with van der Waals surface area (Å²) in [6.07, 6.45) is 0. The molecular formula is C13H29N3O. The average molecular weight is 243 g/mol. The van der Waals surface area contributed by atoms with Crippen molar-refractivity contribution in [2.24, 2.45) is 5.41 Å². The van der Waals surface area contributed by atoms with E-state index in [0.717, 1.165) is 52.4 Å². The fourth-order valence-corrected chi connectivity index (χ4v) is 2.44. The quantitative estimate of drug-likeness (QED) is 0.671. The number of aliphatic hydroxyl groups is 1. The third kappa shape index (κ3) is 5.82. The highest BCUT2D eigenvalue weighted by atomic mass is 16.3. The lowest BCUT2D eigenvalue weighted by Crippen LogP contribution is -2.50. The second kappa shape index (κ2) is 7.31. The Kier molecular flexibility index (Phi) is 6.41. The molecule has 0 aromatic heterocycles. The molecule has 4 heteroatoms. The third-order valence-electron chi connectivity index (χ3n) is 3.39. The van der Waals surface area contributed by atoms with Gasteiger partial charge in [-0.2, -0.15) is 0 Å². The van der Waals surface area contributed by atoms with Gasteiger partial charge in [0, 0.05) is 45.8 Å². The van der Waals surface area contributed by atoms with Crippen molar-refractivity contribution in [1.82, 2.24) is 15.1 Å². The number of nitrogens with zero attached hydrogens (tertiary/aromatic N) is 2. The molecule has 0 atom stereocenters. The highest BCUT2D eigenvalue weighted by Gasteiger charge is 2.24. The maximum Gasteiger partial charge on any atom is 0.0558 e. The topological polar surface area (TPSA) is 38.7 Å². The van der Waals surface area contributed by atoms with Crippen LogP contribution in [0.15, 0.2) is 0 Å². The van der Waals surface area contributed by atoms with Crippen molar-refractivity contribution in [3.8, 4) is 0 Å². The van der Waals surface area contributed by atoms with Crippen LogP contribution in [0.3, 0.4) is 0 Å². The zero-order valence-corrected chi connectivity index (χ0v) is 11.7. The third-order valence-corrected chi connectivity index (χ3v) is 3.39. The van der Waals surface area contributed by atoms with Crippen LogP contribution in [0.2, 0.25) is 0 Å². The van der Waals surface area contributed by atoms with Gasteiger partial charge in [0.05, 0.1) is 6.61 Å². The summed E-state index contributed by atoms with van der Waals surface area (Å²) in [5.41, 5.74) is 0.342. The summed E-state index contributed by atoms with van der Waals surface area (Å²) in [6, 6.07) is 0.